The van der Waals surface area contributed by atoms with Crippen molar-refractivity contribution in [1.82, 2.24) is 15.5 Å². The van der Waals surface area contributed by atoms with Gasteiger partial charge in [-0.05, 0) is 13.8 Å². The first-order valence-electron chi connectivity index (χ1n) is 4.67. The number of aryl methyl sites for hydroxylation is 1. The van der Waals surface area contributed by atoms with Crippen molar-refractivity contribution in [1.29, 1.82) is 0 Å². The van der Waals surface area contributed by atoms with Gasteiger partial charge in [0.1, 0.15) is 0 Å². The van der Waals surface area contributed by atoms with Crippen LogP contribution in [0.2, 0.25) is 0 Å². The second-order valence-electron chi connectivity index (χ2n) is 3.37. The fourth-order valence-corrected chi connectivity index (χ4v) is 1.01. The number of H-pyrrole nitrogens is 1. The van der Waals surface area contributed by atoms with Crippen LogP contribution in [0.15, 0.2) is 0 Å². The zero-order chi connectivity index (χ0) is 11.4. The number of nitrogens with one attached hydrogen (secondary N) is 2. The fraction of sp³-hybridized carbons (Fsp3) is 0.556. The maximum absolute atomic E-state index is 11.6. The SMILES string of the molecule is COC(C)CNC(=O)c1n[nH]c(C)c1N. The third-order valence-electron chi connectivity index (χ3n) is 2.16. The fourth-order valence-electron chi connectivity index (χ4n) is 1.01. The van der Waals surface area contributed by atoms with Crippen LogP contribution in [0, 0.1) is 6.92 Å². The molecule has 0 saturated heterocycles. The lowest BCUT2D eigenvalue weighted by atomic mass is 10.3. The van der Waals surface area contributed by atoms with Crippen LogP contribution < -0.4 is 11.1 Å². The zero-order valence-corrected chi connectivity index (χ0v) is 9.13. The number of nitrogens with zero attached hydrogens (tertiary/aromatic N) is 1. The Hall–Kier alpha value is -1.56. The highest BCUT2D eigenvalue weighted by Gasteiger charge is 2.15. The molecule has 0 saturated carbocycles. The number of aromatic amines is 1. The van der Waals surface area contributed by atoms with Crippen molar-refractivity contribution in [3.63, 3.8) is 0 Å². The molecule has 84 valence electrons. The molecular formula is C9H16N4O2. The Morgan fingerprint density at radius 1 is 1.73 bits per heavy atom. The van der Waals surface area contributed by atoms with Crippen molar-refractivity contribution in [3.05, 3.63) is 11.4 Å². The molecule has 1 unspecified atom stereocenters. The molecule has 0 aliphatic heterocycles. The predicted molar refractivity (Wildman–Crippen MR) is 56.5 cm³/mol. The molecule has 0 fully saturated rings. The highest BCUT2D eigenvalue weighted by atomic mass is 16.5. The molecule has 0 aliphatic carbocycles. The van der Waals surface area contributed by atoms with Gasteiger partial charge in [0.25, 0.3) is 5.91 Å². The van der Waals surface area contributed by atoms with E-state index >= 15 is 0 Å². The van der Waals surface area contributed by atoms with E-state index in [-0.39, 0.29) is 17.7 Å². The normalized spacial score (nSPS) is 12.5. The molecule has 0 radical (unpaired) electrons. The molecule has 1 aromatic rings. The number of carbonyl (C=O) groups is 1. The van der Waals surface area contributed by atoms with Crippen LogP contribution in [-0.2, 0) is 4.74 Å². The molecule has 6 heteroatoms. The van der Waals surface area contributed by atoms with Crippen molar-refractivity contribution in [2.75, 3.05) is 19.4 Å². The van der Waals surface area contributed by atoms with Crippen LogP contribution in [0.25, 0.3) is 0 Å². The highest BCUT2D eigenvalue weighted by Crippen LogP contribution is 2.11. The molecule has 0 spiro atoms. The Kier molecular flexibility index (Phi) is 3.68. The number of nitrogen functional groups attached to an aromatic ring is 1. The van der Waals surface area contributed by atoms with Gasteiger partial charge in [-0.25, -0.2) is 0 Å². The summed E-state index contributed by atoms with van der Waals surface area (Å²) < 4.78 is 5.00. The van der Waals surface area contributed by atoms with E-state index in [1.54, 1.807) is 14.0 Å². The smallest absolute Gasteiger partial charge is 0.274 e. The number of ether oxygens (including phenoxy) is 1. The summed E-state index contributed by atoms with van der Waals surface area (Å²) in [6.45, 7) is 4.05. The third-order valence-corrected chi connectivity index (χ3v) is 2.16. The van der Waals surface area contributed by atoms with E-state index in [2.05, 4.69) is 15.5 Å². The summed E-state index contributed by atoms with van der Waals surface area (Å²) in [5, 5.41) is 9.15. The summed E-state index contributed by atoms with van der Waals surface area (Å²) in [5.74, 6) is -0.291. The van der Waals surface area contributed by atoms with Gasteiger partial charge in [-0.15, -0.1) is 0 Å². The minimum atomic E-state index is -0.291. The number of hydrogen-bond donors (Lipinski definition) is 3. The molecule has 1 aromatic heterocycles. The van der Waals surface area contributed by atoms with E-state index in [1.165, 1.54) is 0 Å². The van der Waals surface area contributed by atoms with Gasteiger partial charge in [-0.1, -0.05) is 0 Å². The summed E-state index contributed by atoms with van der Waals surface area (Å²) in [6.07, 6.45) is -0.0322. The third kappa shape index (κ3) is 2.69. The number of amides is 1. The zero-order valence-electron chi connectivity index (χ0n) is 9.13. The number of carbonyl (C=O) groups excluding carboxylic acids is 1. The lowest BCUT2D eigenvalue weighted by Gasteiger charge is -2.09. The quantitative estimate of drug-likeness (QED) is 0.658. The van der Waals surface area contributed by atoms with Gasteiger partial charge in [0, 0.05) is 13.7 Å². The standard InChI is InChI=1S/C9H16N4O2/c1-5(15-3)4-11-9(14)8-7(10)6(2)12-13-8/h5H,4,10H2,1-3H3,(H,11,14)(H,12,13). The van der Waals surface area contributed by atoms with Crippen molar-refractivity contribution in [2.24, 2.45) is 0 Å². The number of anilines is 1. The molecule has 6 nitrogen and oxygen atoms in total. The largest absolute Gasteiger partial charge is 0.395 e. The average molecular weight is 212 g/mol. The Morgan fingerprint density at radius 3 is 2.87 bits per heavy atom. The average Bonchev–Trinajstić information content (AvgIpc) is 2.56. The van der Waals surface area contributed by atoms with E-state index in [0.717, 1.165) is 0 Å². The summed E-state index contributed by atoms with van der Waals surface area (Å²) in [5.41, 5.74) is 6.97. The monoisotopic (exact) mass is 212 g/mol. The molecule has 1 heterocycles. The van der Waals surface area contributed by atoms with Crippen molar-refractivity contribution in [2.45, 2.75) is 20.0 Å². The van der Waals surface area contributed by atoms with Crippen molar-refractivity contribution >= 4 is 11.6 Å². The number of rotatable bonds is 4. The molecule has 1 rings (SSSR count). The van der Waals surface area contributed by atoms with Crippen molar-refractivity contribution in [3.8, 4) is 0 Å². The van der Waals surface area contributed by atoms with E-state index in [4.69, 9.17) is 10.5 Å². The summed E-state index contributed by atoms with van der Waals surface area (Å²) in [4.78, 5) is 11.6. The van der Waals surface area contributed by atoms with Gasteiger partial charge in [0.05, 0.1) is 17.5 Å². The maximum atomic E-state index is 11.6. The van der Waals surface area contributed by atoms with Gasteiger partial charge in [0.2, 0.25) is 0 Å². The van der Waals surface area contributed by atoms with Gasteiger partial charge in [-0.2, -0.15) is 5.10 Å². The van der Waals surface area contributed by atoms with Crippen LogP contribution in [0.5, 0.6) is 0 Å². The van der Waals surface area contributed by atoms with E-state index < -0.39 is 0 Å². The van der Waals surface area contributed by atoms with E-state index in [0.29, 0.717) is 17.9 Å². The van der Waals surface area contributed by atoms with Crippen LogP contribution in [0.3, 0.4) is 0 Å². The second-order valence-corrected chi connectivity index (χ2v) is 3.37. The van der Waals surface area contributed by atoms with Crippen LogP contribution in [0.4, 0.5) is 5.69 Å². The number of methoxy groups -OCH3 is 1. The molecule has 0 aromatic carbocycles. The van der Waals surface area contributed by atoms with Gasteiger partial charge < -0.3 is 15.8 Å². The molecular weight excluding hydrogens is 196 g/mol. The van der Waals surface area contributed by atoms with E-state index in [1.807, 2.05) is 6.92 Å². The molecule has 1 amide bonds. The molecule has 15 heavy (non-hydrogen) atoms. The number of nitrogens with two attached hydrogens (primary N) is 1. The number of aromatic nitrogens is 2. The second kappa shape index (κ2) is 4.79. The number of hydrogen-bond acceptors (Lipinski definition) is 4. The summed E-state index contributed by atoms with van der Waals surface area (Å²) in [7, 11) is 1.59. The minimum Gasteiger partial charge on any atom is -0.395 e. The van der Waals surface area contributed by atoms with Crippen molar-refractivity contribution < 1.29 is 9.53 Å². The van der Waals surface area contributed by atoms with E-state index in [9.17, 15) is 4.79 Å². The first-order chi connectivity index (χ1) is 7.06. The van der Waals surface area contributed by atoms with Crippen LogP contribution in [-0.4, -0.2) is 35.9 Å². The Bertz CT molecular complexity index is 348. The highest BCUT2D eigenvalue weighted by molar-refractivity contribution is 5.97. The topological polar surface area (TPSA) is 93.0 Å². The summed E-state index contributed by atoms with van der Waals surface area (Å²) >= 11 is 0. The van der Waals surface area contributed by atoms with Gasteiger partial charge >= 0.3 is 0 Å². The predicted octanol–water partition coefficient (Wildman–Crippen LogP) is 0.0650. The lowest BCUT2D eigenvalue weighted by Crippen LogP contribution is -2.32. The first kappa shape index (κ1) is 11.5. The lowest BCUT2D eigenvalue weighted by molar-refractivity contribution is 0.0867. The van der Waals surface area contributed by atoms with Crippen LogP contribution >= 0.6 is 0 Å². The Labute approximate surface area is 88.2 Å². The first-order valence-corrected chi connectivity index (χ1v) is 4.67. The molecule has 0 bridgehead atoms. The molecule has 4 N–H and O–H groups in total. The van der Waals surface area contributed by atoms with Gasteiger partial charge in [-0.3, -0.25) is 9.89 Å². The summed E-state index contributed by atoms with van der Waals surface area (Å²) in [6, 6.07) is 0. The maximum Gasteiger partial charge on any atom is 0.274 e. The molecule has 0 aliphatic rings. The molecule has 1 atom stereocenters. The Balaban J connectivity index is 2.58. The minimum absolute atomic E-state index is 0.0322. The Morgan fingerprint density at radius 2 is 2.40 bits per heavy atom. The van der Waals surface area contributed by atoms with Crippen LogP contribution in [0.1, 0.15) is 23.1 Å². The van der Waals surface area contributed by atoms with Gasteiger partial charge in [0.15, 0.2) is 5.69 Å².